The van der Waals surface area contributed by atoms with E-state index in [1.165, 1.54) is 12.8 Å². The third-order valence-corrected chi connectivity index (χ3v) is 5.42. The van der Waals surface area contributed by atoms with E-state index in [1.54, 1.807) is 7.11 Å². The molecular formula is C18H27F3N4O4. The molecule has 1 aromatic heterocycles. The molecule has 0 bridgehead atoms. The van der Waals surface area contributed by atoms with Crippen molar-refractivity contribution in [3.05, 3.63) is 18.0 Å². The van der Waals surface area contributed by atoms with Gasteiger partial charge in [-0.2, -0.15) is 18.3 Å². The lowest BCUT2D eigenvalue weighted by Gasteiger charge is -2.45. The standard InChI is InChI=1S/C16H26N4O2.C2HF3O2/c1-18-9-4-14(17-18)12-20-8-3-5-16(20)6-10-19(11-7-16)15(21)13-22-2;3-2(4,5)1(6)7/h4,9H,3,5-8,10-13H2,1-2H3;(H,6,7). The number of carbonyl (C=O) groups excluding carboxylic acids is 1. The first-order valence-corrected chi connectivity index (χ1v) is 9.38. The highest BCUT2D eigenvalue weighted by Gasteiger charge is 2.43. The molecule has 0 aliphatic carbocycles. The Morgan fingerprint density at radius 2 is 1.86 bits per heavy atom. The summed E-state index contributed by atoms with van der Waals surface area (Å²) in [5, 5.41) is 11.6. The lowest BCUT2D eigenvalue weighted by Crippen LogP contribution is -2.53. The third kappa shape index (κ3) is 6.17. The Kier molecular flexibility index (Phi) is 7.64. The monoisotopic (exact) mass is 420 g/mol. The molecule has 1 N–H and O–H groups in total. The minimum Gasteiger partial charge on any atom is -0.475 e. The van der Waals surface area contributed by atoms with Crippen molar-refractivity contribution in [1.82, 2.24) is 19.6 Å². The van der Waals surface area contributed by atoms with Crippen molar-refractivity contribution >= 4 is 11.9 Å². The Labute approximate surface area is 167 Å². The number of methoxy groups -OCH3 is 1. The zero-order valence-corrected chi connectivity index (χ0v) is 16.6. The lowest BCUT2D eigenvalue weighted by atomic mass is 9.85. The summed E-state index contributed by atoms with van der Waals surface area (Å²) in [6, 6.07) is 2.10. The number of aryl methyl sites for hydroxylation is 1. The van der Waals surface area contributed by atoms with Crippen LogP contribution in [0.25, 0.3) is 0 Å². The quantitative estimate of drug-likeness (QED) is 0.797. The van der Waals surface area contributed by atoms with Gasteiger partial charge in [0.25, 0.3) is 0 Å². The molecule has 1 aromatic rings. The number of aliphatic carboxylic acids is 1. The molecule has 0 unspecified atom stereocenters. The first-order chi connectivity index (χ1) is 13.6. The summed E-state index contributed by atoms with van der Waals surface area (Å²) in [5.41, 5.74) is 1.41. The predicted molar refractivity (Wildman–Crippen MR) is 97.0 cm³/mol. The fourth-order valence-corrected chi connectivity index (χ4v) is 3.94. The Morgan fingerprint density at radius 3 is 2.34 bits per heavy atom. The Bertz CT molecular complexity index is 700. The van der Waals surface area contributed by atoms with Gasteiger partial charge in [0.15, 0.2) is 0 Å². The summed E-state index contributed by atoms with van der Waals surface area (Å²) in [6.07, 6.45) is 1.54. The highest BCUT2D eigenvalue weighted by molar-refractivity contribution is 5.77. The van der Waals surface area contributed by atoms with Crippen LogP contribution in [0.3, 0.4) is 0 Å². The van der Waals surface area contributed by atoms with Crippen molar-refractivity contribution in [2.45, 2.75) is 43.9 Å². The van der Waals surface area contributed by atoms with Gasteiger partial charge in [-0.1, -0.05) is 0 Å². The molecule has 1 spiro atoms. The van der Waals surface area contributed by atoms with Gasteiger partial charge in [0.05, 0.1) is 5.69 Å². The van der Waals surface area contributed by atoms with Gasteiger partial charge in [-0.3, -0.25) is 14.4 Å². The largest absolute Gasteiger partial charge is 0.490 e. The van der Waals surface area contributed by atoms with Crippen molar-refractivity contribution in [3.8, 4) is 0 Å². The number of nitrogens with zero attached hydrogens (tertiary/aromatic N) is 4. The summed E-state index contributed by atoms with van der Waals surface area (Å²) in [5.74, 6) is -2.64. The number of amides is 1. The molecule has 8 nitrogen and oxygen atoms in total. The topological polar surface area (TPSA) is 87.9 Å². The maximum atomic E-state index is 12.0. The molecule has 2 aliphatic rings. The summed E-state index contributed by atoms with van der Waals surface area (Å²) >= 11 is 0. The van der Waals surface area contributed by atoms with Gasteiger partial charge in [-0.05, 0) is 38.3 Å². The average Bonchev–Trinajstić information content (AvgIpc) is 3.22. The molecule has 2 fully saturated rings. The van der Waals surface area contributed by atoms with Crippen LogP contribution in [-0.2, 0) is 27.9 Å². The first kappa shape index (κ1) is 23.1. The minimum absolute atomic E-state index is 0.117. The molecule has 3 rings (SSSR count). The number of carboxylic acid groups (broad SMARTS) is 1. The smallest absolute Gasteiger partial charge is 0.475 e. The lowest BCUT2D eigenvalue weighted by molar-refractivity contribution is -0.192. The van der Waals surface area contributed by atoms with Crippen LogP contribution in [0.5, 0.6) is 0 Å². The fourth-order valence-electron chi connectivity index (χ4n) is 3.94. The van der Waals surface area contributed by atoms with E-state index in [9.17, 15) is 18.0 Å². The third-order valence-electron chi connectivity index (χ3n) is 5.42. The van der Waals surface area contributed by atoms with Gasteiger partial charge in [0, 0.05) is 45.5 Å². The Morgan fingerprint density at radius 1 is 1.24 bits per heavy atom. The van der Waals surface area contributed by atoms with Crippen LogP contribution in [0, 0.1) is 0 Å². The highest BCUT2D eigenvalue weighted by atomic mass is 19.4. The van der Waals surface area contributed by atoms with Gasteiger partial charge in [-0.15, -0.1) is 0 Å². The van der Waals surface area contributed by atoms with Gasteiger partial charge < -0.3 is 14.7 Å². The second kappa shape index (κ2) is 9.57. The second-order valence-corrected chi connectivity index (χ2v) is 7.35. The number of rotatable bonds is 4. The number of likely N-dealkylation sites (tertiary alicyclic amines) is 2. The van der Waals surface area contributed by atoms with Crippen LogP contribution in [-0.4, -0.2) is 81.6 Å². The van der Waals surface area contributed by atoms with Gasteiger partial charge in [-0.25, -0.2) is 4.79 Å². The van der Waals surface area contributed by atoms with Crippen LogP contribution in [0.2, 0.25) is 0 Å². The number of piperidine rings is 1. The minimum atomic E-state index is -5.08. The van der Waals surface area contributed by atoms with Gasteiger partial charge >= 0.3 is 12.1 Å². The zero-order chi connectivity index (χ0) is 21.7. The van der Waals surface area contributed by atoms with Crippen LogP contribution in [0.4, 0.5) is 13.2 Å². The maximum Gasteiger partial charge on any atom is 0.490 e. The van der Waals surface area contributed by atoms with E-state index in [0.29, 0.717) is 0 Å². The molecule has 29 heavy (non-hydrogen) atoms. The Hall–Kier alpha value is -2.14. The molecule has 0 aromatic carbocycles. The SMILES string of the molecule is COCC(=O)N1CCC2(CCCN2Cc2ccn(C)n2)CC1.O=C(O)C(F)(F)F. The van der Waals surface area contributed by atoms with Crippen LogP contribution in [0.1, 0.15) is 31.4 Å². The Balaban J connectivity index is 0.000000370. The number of carbonyl (C=O) groups is 2. The van der Waals surface area contributed by atoms with E-state index in [0.717, 1.165) is 44.7 Å². The summed E-state index contributed by atoms with van der Waals surface area (Å²) in [4.78, 5) is 25.4. The summed E-state index contributed by atoms with van der Waals surface area (Å²) < 4.78 is 38.6. The number of hydrogen-bond acceptors (Lipinski definition) is 5. The van der Waals surface area contributed by atoms with Crippen molar-refractivity contribution in [2.75, 3.05) is 33.4 Å². The maximum absolute atomic E-state index is 12.0. The number of aromatic nitrogens is 2. The number of ether oxygens (including phenoxy) is 1. The molecule has 164 valence electrons. The van der Waals surface area contributed by atoms with Gasteiger partial charge in [0.2, 0.25) is 5.91 Å². The van der Waals surface area contributed by atoms with E-state index in [-0.39, 0.29) is 18.1 Å². The number of carboxylic acids is 1. The van der Waals surface area contributed by atoms with Crippen molar-refractivity contribution < 1.29 is 32.6 Å². The van der Waals surface area contributed by atoms with Gasteiger partial charge in [0.1, 0.15) is 6.61 Å². The highest BCUT2D eigenvalue weighted by Crippen LogP contribution is 2.39. The van der Waals surface area contributed by atoms with Crippen LogP contribution >= 0.6 is 0 Å². The van der Waals surface area contributed by atoms with Crippen molar-refractivity contribution in [2.24, 2.45) is 7.05 Å². The molecular weight excluding hydrogens is 393 g/mol. The van der Waals surface area contributed by atoms with E-state index in [4.69, 9.17) is 14.6 Å². The zero-order valence-electron chi connectivity index (χ0n) is 16.6. The number of hydrogen-bond donors (Lipinski definition) is 1. The molecule has 0 atom stereocenters. The van der Waals surface area contributed by atoms with E-state index < -0.39 is 12.1 Å². The summed E-state index contributed by atoms with van der Waals surface area (Å²) in [7, 11) is 3.54. The second-order valence-electron chi connectivity index (χ2n) is 7.35. The molecule has 0 radical (unpaired) electrons. The molecule has 2 aliphatic heterocycles. The predicted octanol–water partition coefficient (Wildman–Crippen LogP) is 1.66. The number of alkyl halides is 3. The average molecular weight is 420 g/mol. The summed E-state index contributed by atoms with van der Waals surface area (Å²) in [6.45, 7) is 3.96. The molecule has 2 saturated heterocycles. The first-order valence-electron chi connectivity index (χ1n) is 9.38. The molecule has 1 amide bonds. The normalized spacial score (nSPS) is 19.1. The molecule has 0 saturated carbocycles. The number of halogens is 3. The van der Waals surface area contributed by atoms with Crippen LogP contribution in [0.15, 0.2) is 12.3 Å². The van der Waals surface area contributed by atoms with Crippen LogP contribution < -0.4 is 0 Å². The fraction of sp³-hybridized carbons (Fsp3) is 0.722. The van der Waals surface area contributed by atoms with Crippen molar-refractivity contribution in [3.63, 3.8) is 0 Å². The van der Waals surface area contributed by atoms with E-state index in [1.807, 2.05) is 22.8 Å². The van der Waals surface area contributed by atoms with E-state index in [2.05, 4.69) is 16.1 Å². The molecule has 11 heteroatoms. The molecule has 3 heterocycles. The van der Waals surface area contributed by atoms with Crippen molar-refractivity contribution in [1.29, 1.82) is 0 Å². The van der Waals surface area contributed by atoms with E-state index >= 15 is 0 Å².